The van der Waals surface area contributed by atoms with Gasteiger partial charge in [0, 0.05) is 17.8 Å². The lowest BCUT2D eigenvalue weighted by atomic mass is 9.96. The third-order valence-corrected chi connectivity index (χ3v) is 2.95. The van der Waals surface area contributed by atoms with E-state index in [-0.39, 0.29) is 17.0 Å². The summed E-state index contributed by atoms with van der Waals surface area (Å²) in [6.07, 6.45) is -2.74. The molecule has 0 unspecified atom stereocenters. The maximum atomic E-state index is 12.3. The molecule has 2 aromatic rings. The van der Waals surface area contributed by atoms with Gasteiger partial charge in [0.2, 0.25) is 0 Å². The van der Waals surface area contributed by atoms with Crippen molar-refractivity contribution >= 4 is 30.6 Å². The first-order valence-electron chi connectivity index (χ1n) is 6.73. The van der Waals surface area contributed by atoms with Crippen molar-refractivity contribution < 1.29 is 23.2 Å². The molecule has 0 bridgehead atoms. The first-order valence-corrected chi connectivity index (χ1v) is 6.73. The van der Waals surface area contributed by atoms with Crippen LogP contribution in [0, 0.1) is 10.1 Å². The second-order valence-electron chi connectivity index (χ2n) is 4.72. The number of benzene rings is 2. The van der Waals surface area contributed by atoms with Gasteiger partial charge in [-0.3, -0.25) is 14.9 Å². The van der Waals surface area contributed by atoms with E-state index >= 15 is 0 Å². The Morgan fingerprint density at radius 1 is 1.25 bits per heavy atom. The normalized spacial score (nSPS) is 10.5. The van der Waals surface area contributed by atoms with Gasteiger partial charge in [-0.15, -0.1) is 0 Å². The molecular formula is C15H11BF2N2O4. The SMILES string of the molecule is [B]c1ccc(NC(=O)c2cc([N+](=O)[O-])ccc2OCC(F)F)cc1. The topological polar surface area (TPSA) is 81.5 Å². The fourth-order valence-corrected chi connectivity index (χ4v) is 1.85. The minimum absolute atomic E-state index is 0.172. The molecule has 0 aliphatic heterocycles. The molecule has 0 aliphatic rings. The Kier molecular flexibility index (Phi) is 5.46. The summed E-state index contributed by atoms with van der Waals surface area (Å²) in [5.74, 6) is -0.901. The predicted molar refractivity (Wildman–Crippen MR) is 84.4 cm³/mol. The average molecular weight is 332 g/mol. The molecular weight excluding hydrogens is 321 g/mol. The Labute approximate surface area is 137 Å². The van der Waals surface area contributed by atoms with Crippen molar-refractivity contribution in [3.8, 4) is 5.75 Å². The van der Waals surface area contributed by atoms with Gasteiger partial charge < -0.3 is 10.1 Å². The summed E-state index contributed by atoms with van der Waals surface area (Å²) < 4.78 is 29.5. The van der Waals surface area contributed by atoms with Crippen molar-refractivity contribution in [2.45, 2.75) is 6.43 Å². The van der Waals surface area contributed by atoms with Gasteiger partial charge in [-0.2, -0.15) is 0 Å². The molecule has 2 radical (unpaired) electrons. The minimum Gasteiger partial charge on any atom is -0.487 e. The number of halogens is 2. The number of nitrogens with one attached hydrogen (secondary N) is 1. The fraction of sp³-hybridized carbons (Fsp3) is 0.133. The Balaban J connectivity index is 2.29. The van der Waals surface area contributed by atoms with Crippen molar-refractivity contribution in [1.29, 1.82) is 0 Å². The van der Waals surface area contributed by atoms with Gasteiger partial charge in [0.15, 0.2) is 0 Å². The minimum atomic E-state index is -2.74. The lowest BCUT2D eigenvalue weighted by Gasteiger charge is -2.11. The van der Waals surface area contributed by atoms with E-state index < -0.39 is 23.9 Å². The van der Waals surface area contributed by atoms with Crippen LogP contribution in [0.1, 0.15) is 10.4 Å². The molecule has 0 aliphatic carbocycles. The molecule has 0 aromatic heterocycles. The number of hydrogen-bond donors (Lipinski definition) is 1. The summed E-state index contributed by atoms with van der Waals surface area (Å²) in [6, 6.07) is 9.32. The van der Waals surface area contributed by atoms with E-state index in [9.17, 15) is 23.7 Å². The summed E-state index contributed by atoms with van der Waals surface area (Å²) in [5.41, 5.74) is 0.299. The number of non-ortho nitro benzene ring substituents is 1. The van der Waals surface area contributed by atoms with Crippen molar-refractivity contribution in [2.75, 3.05) is 11.9 Å². The highest BCUT2D eigenvalue weighted by atomic mass is 19.3. The van der Waals surface area contributed by atoms with Gasteiger partial charge in [0.05, 0.1) is 10.5 Å². The Bertz CT molecular complexity index is 754. The number of hydrogen-bond acceptors (Lipinski definition) is 4. The first kappa shape index (κ1) is 17.4. The van der Waals surface area contributed by atoms with Crippen LogP contribution in [0.15, 0.2) is 42.5 Å². The number of carbonyl (C=O) groups is 1. The van der Waals surface area contributed by atoms with Crippen molar-refractivity contribution in [2.24, 2.45) is 0 Å². The lowest BCUT2D eigenvalue weighted by Crippen LogP contribution is -2.16. The van der Waals surface area contributed by atoms with Crippen LogP contribution in [0.3, 0.4) is 0 Å². The van der Waals surface area contributed by atoms with Gasteiger partial charge in [-0.1, -0.05) is 17.6 Å². The highest BCUT2D eigenvalue weighted by Crippen LogP contribution is 2.25. The fourth-order valence-electron chi connectivity index (χ4n) is 1.85. The standard InChI is InChI=1S/C15H11BF2N2O4/c16-9-1-3-10(4-2-9)19-15(21)12-7-11(20(22)23)5-6-13(12)24-8-14(17)18/h1-7,14H,8H2,(H,19,21). The molecule has 0 heterocycles. The monoisotopic (exact) mass is 332 g/mol. The maximum absolute atomic E-state index is 12.3. The summed E-state index contributed by atoms with van der Waals surface area (Å²) in [6.45, 7) is -0.931. The third kappa shape index (κ3) is 4.51. The average Bonchev–Trinajstić information content (AvgIpc) is 2.54. The van der Waals surface area contributed by atoms with Gasteiger partial charge in [0.1, 0.15) is 20.2 Å². The van der Waals surface area contributed by atoms with E-state index in [0.29, 0.717) is 11.2 Å². The molecule has 2 aromatic carbocycles. The summed E-state index contributed by atoms with van der Waals surface area (Å²) in [7, 11) is 5.54. The third-order valence-electron chi connectivity index (χ3n) is 2.95. The van der Waals surface area contributed by atoms with Crippen molar-refractivity contribution in [3.05, 3.63) is 58.1 Å². The molecule has 2 rings (SSSR count). The van der Waals surface area contributed by atoms with E-state index in [1.165, 1.54) is 12.1 Å². The summed E-state index contributed by atoms with van der Waals surface area (Å²) in [4.78, 5) is 22.5. The molecule has 24 heavy (non-hydrogen) atoms. The van der Waals surface area contributed by atoms with E-state index in [1.807, 2.05) is 0 Å². The number of ether oxygens (including phenoxy) is 1. The van der Waals surface area contributed by atoms with Crippen molar-refractivity contribution in [1.82, 2.24) is 0 Å². The zero-order chi connectivity index (χ0) is 17.7. The van der Waals surface area contributed by atoms with Crippen LogP contribution in [0.4, 0.5) is 20.2 Å². The van der Waals surface area contributed by atoms with Crippen LogP contribution in [-0.4, -0.2) is 31.7 Å². The molecule has 0 spiro atoms. The Morgan fingerprint density at radius 3 is 2.50 bits per heavy atom. The number of alkyl halides is 2. The largest absolute Gasteiger partial charge is 0.487 e. The Morgan fingerprint density at radius 2 is 1.92 bits per heavy atom. The summed E-state index contributed by atoms with van der Waals surface area (Å²) >= 11 is 0. The van der Waals surface area contributed by atoms with Crippen LogP contribution in [0.5, 0.6) is 5.75 Å². The number of nitro groups is 1. The van der Waals surface area contributed by atoms with Gasteiger partial charge in [-0.05, 0) is 18.2 Å². The molecule has 0 fully saturated rings. The van der Waals surface area contributed by atoms with E-state index in [0.717, 1.165) is 18.2 Å². The van der Waals surface area contributed by atoms with E-state index in [1.54, 1.807) is 12.1 Å². The highest BCUT2D eigenvalue weighted by Gasteiger charge is 2.19. The van der Waals surface area contributed by atoms with Gasteiger partial charge in [-0.25, -0.2) is 8.78 Å². The Hall–Kier alpha value is -2.97. The smallest absolute Gasteiger partial charge is 0.272 e. The number of carbonyl (C=O) groups excluding carboxylic acids is 1. The molecule has 0 atom stereocenters. The molecule has 122 valence electrons. The van der Waals surface area contributed by atoms with Gasteiger partial charge in [0.25, 0.3) is 18.0 Å². The molecule has 0 saturated carbocycles. The van der Waals surface area contributed by atoms with Crippen LogP contribution >= 0.6 is 0 Å². The maximum Gasteiger partial charge on any atom is 0.272 e. The number of rotatable bonds is 6. The highest BCUT2D eigenvalue weighted by molar-refractivity contribution is 6.32. The number of nitro benzene ring substituents is 1. The number of amides is 1. The van der Waals surface area contributed by atoms with E-state index in [4.69, 9.17) is 12.6 Å². The van der Waals surface area contributed by atoms with Crippen LogP contribution in [0.2, 0.25) is 0 Å². The molecule has 6 nitrogen and oxygen atoms in total. The van der Waals surface area contributed by atoms with Crippen LogP contribution in [-0.2, 0) is 0 Å². The quantitative estimate of drug-likeness (QED) is 0.500. The van der Waals surface area contributed by atoms with Crippen LogP contribution in [0.25, 0.3) is 0 Å². The molecule has 9 heteroatoms. The van der Waals surface area contributed by atoms with E-state index in [2.05, 4.69) is 5.32 Å². The number of anilines is 1. The zero-order valence-electron chi connectivity index (χ0n) is 12.2. The molecule has 0 saturated heterocycles. The molecule has 1 N–H and O–H groups in total. The lowest BCUT2D eigenvalue weighted by molar-refractivity contribution is -0.384. The summed E-state index contributed by atoms with van der Waals surface area (Å²) in [5, 5.41) is 13.3. The zero-order valence-corrected chi connectivity index (χ0v) is 12.2. The van der Waals surface area contributed by atoms with Gasteiger partial charge >= 0.3 is 0 Å². The second-order valence-corrected chi connectivity index (χ2v) is 4.72. The molecule has 1 amide bonds. The van der Waals surface area contributed by atoms with Crippen LogP contribution < -0.4 is 15.5 Å². The second kappa shape index (κ2) is 7.54. The first-order chi connectivity index (χ1) is 11.4. The number of nitrogens with zero attached hydrogens (tertiary/aromatic N) is 1. The van der Waals surface area contributed by atoms with Crippen molar-refractivity contribution in [3.63, 3.8) is 0 Å². The predicted octanol–water partition coefficient (Wildman–Crippen LogP) is 2.28.